The molecule has 0 bridgehead atoms. The van der Waals surface area contributed by atoms with Gasteiger partial charge in [0.1, 0.15) is 16.4 Å². The lowest BCUT2D eigenvalue weighted by atomic mass is 10.1. The zero-order valence-corrected chi connectivity index (χ0v) is 16.3. The van der Waals surface area contributed by atoms with Crippen molar-refractivity contribution in [2.75, 3.05) is 0 Å². The zero-order chi connectivity index (χ0) is 22.0. The van der Waals surface area contributed by atoms with Crippen LogP contribution in [0.3, 0.4) is 0 Å². The van der Waals surface area contributed by atoms with Crippen LogP contribution >= 0.6 is 0 Å². The second-order valence-corrected chi connectivity index (χ2v) is 8.90. The molecule has 8 N–H and O–H groups in total. The van der Waals surface area contributed by atoms with E-state index < -0.39 is 41.5 Å². The Bertz CT molecular complexity index is 1200. The van der Waals surface area contributed by atoms with E-state index >= 15 is 0 Å². The molecule has 0 aliphatic carbocycles. The molecule has 0 amide bonds. The van der Waals surface area contributed by atoms with E-state index in [1.165, 1.54) is 48.5 Å². The first kappa shape index (κ1) is 22.4. The second kappa shape index (κ2) is 7.85. The van der Waals surface area contributed by atoms with E-state index in [0.29, 0.717) is 6.08 Å². The van der Waals surface area contributed by atoms with Gasteiger partial charge in [0.2, 0.25) is 4.87 Å². The van der Waals surface area contributed by atoms with Gasteiger partial charge < -0.3 is 21.7 Å². The number of para-hydroxylation sites is 2. The van der Waals surface area contributed by atoms with Crippen molar-refractivity contribution < 1.29 is 36.2 Å². The summed E-state index contributed by atoms with van der Waals surface area (Å²) in [7, 11) is -10.9. The Morgan fingerprint density at radius 2 is 1.24 bits per heavy atom. The Labute approximate surface area is 166 Å². The molecule has 12 heteroatoms. The van der Waals surface area contributed by atoms with Gasteiger partial charge in [-0.3, -0.25) is 9.11 Å². The van der Waals surface area contributed by atoms with Crippen molar-refractivity contribution >= 4 is 32.4 Å². The molecule has 1 atom stereocenters. The molecule has 0 spiro atoms. The highest BCUT2D eigenvalue weighted by Crippen LogP contribution is 2.34. The Morgan fingerprint density at radius 3 is 1.62 bits per heavy atom. The molecular formula is C17H18N2O8S2. The largest absolute Gasteiger partial charge is 0.507 e. The minimum absolute atomic E-state index is 0.0410. The highest BCUT2D eigenvalue weighted by molar-refractivity contribution is 7.93. The number of rotatable bonds is 6. The van der Waals surface area contributed by atoms with E-state index in [4.69, 9.17) is 11.5 Å². The number of hydrogen-bond acceptors (Lipinski definition) is 8. The molecule has 0 aromatic heterocycles. The summed E-state index contributed by atoms with van der Waals surface area (Å²) >= 11 is 0. The summed E-state index contributed by atoms with van der Waals surface area (Å²) in [6, 6.07) is 10.6. The van der Waals surface area contributed by atoms with Gasteiger partial charge in [-0.25, -0.2) is 0 Å². The normalized spacial score (nSPS) is 15.7. The van der Waals surface area contributed by atoms with Crippen molar-refractivity contribution in [1.82, 2.24) is 0 Å². The van der Waals surface area contributed by atoms with Gasteiger partial charge in [0, 0.05) is 11.1 Å². The minimum atomic E-state index is -5.50. The van der Waals surface area contributed by atoms with Gasteiger partial charge in [-0.1, -0.05) is 36.4 Å². The summed E-state index contributed by atoms with van der Waals surface area (Å²) in [5.74, 6) is -0.805. The highest BCUT2D eigenvalue weighted by Gasteiger charge is 2.50. The summed E-state index contributed by atoms with van der Waals surface area (Å²) in [5, 5.41) is 19.7. The summed E-state index contributed by atoms with van der Waals surface area (Å²) < 4.78 is 67.5. The molecule has 1 unspecified atom stereocenters. The molecule has 10 nitrogen and oxygen atoms in total. The van der Waals surface area contributed by atoms with Gasteiger partial charge >= 0.3 is 0 Å². The third-order valence-corrected chi connectivity index (χ3v) is 6.35. The van der Waals surface area contributed by atoms with Crippen molar-refractivity contribution in [2.24, 2.45) is 11.5 Å². The monoisotopic (exact) mass is 442 g/mol. The fraction of sp³-hybridized carbons (Fsp3) is 0.0588. The Hall–Kier alpha value is -2.90. The van der Waals surface area contributed by atoms with E-state index in [9.17, 15) is 36.2 Å². The maximum Gasteiger partial charge on any atom is 0.294 e. The molecule has 0 aliphatic heterocycles. The van der Waals surface area contributed by atoms with E-state index in [0.717, 1.165) is 6.08 Å². The predicted molar refractivity (Wildman–Crippen MR) is 106 cm³/mol. The number of hydrogen-bond donors (Lipinski definition) is 6. The van der Waals surface area contributed by atoms with Gasteiger partial charge in [0.25, 0.3) is 20.2 Å². The SMILES string of the molecule is NC(=Cc1ccccc1O)C(N)(C(=Cc1ccccc1O)S(=O)(=O)O)S(=O)(=O)O. The summed E-state index contributed by atoms with van der Waals surface area (Å²) in [6.07, 6.45) is 1.39. The molecule has 2 aromatic carbocycles. The third kappa shape index (κ3) is 4.58. The number of phenolic OH excluding ortho intramolecular Hbond substituents is 2. The fourth-order valence-corrected chi connectivity index (χ4v) is 4.51. The Balaban J connectivity index is 2.87. The molecule has 156 valence electrons. The van der Waals surface area contributed by atoms with Crippen LogP contribution in [-0.2, 0) is 20.2 Å². The molecule has 0 aliphatic rings. The van der Waals surface area contributed by atoms with Crippen LogP contribution in [0.1, 0.15) is 11.1 Å². The molecule has 0 saturated carbocycles. The maximum atomic E-state index is 12.1. The fourth-order valence-electron chi connectivity index (χ4n) is 2.43. The van der Waals surface area contributed by atoms with Crippen LogP contribution < -0.4 is 11.5 Å². The van der Waals surface area contributed by atoms with Crippen molar-refractivity contribution in [3.8, 4) is 11.5 Å². The first-order valence-electron chi connectivity index (χ1n) is 7.77. The van der Waals surface area contributed by atoms with Crippen molar-refractivity contribution in [3.63, 3.8) is 0 Å². The summed E-state index contributed by atoms with van der Waals surface area (Å²) in [6.45, 7) is 0. The first-order chi connectivity index (χ1) is 13.3. The Kier molecular flexibility index (Phi) is 6.06. The van der Waals surface area contributed by atoms with Crippen LogP contribution in [-0.4, -0.2) is 41.0 Å². The summed E-state index contributed by atoms with van der Waals surface area (Å²) in [4.78, 5) is -4.76. The molecule has 29 heavy (non-hydrogen) atoms. The summed E-state index contributed by atoms with van der Waals surface area (Å²) in [5.41, 5.74) is 10.3. The van der Waals surface area contributed by atoms with Gasteiger partial charge in [-0.05, 0) is 24.3 Å². The van der Waals surface area contributed by atoms with Crippen LogP contribution in [0.5, 0.6) is 11.5 Å². The average Bonchev–Trinajstić information content (AvgIpc) is 2.60. The molecule has 0 radical (unpaired) electrons. The lowest BCUT2D eigenvalue weighted by Crippen LogP contribution is -2.54. The van der Waals surface area contributed by atoms with E-state index in [1.54, 1.807) is 0 Å². The van der Waals surface area contributed by atoms with E-state index in [2.05, 4.69) is 0 Å². The van der Waals surface area contributed by atoms with Crippen LogP contribution in [0.4, 0.5) is 0 Å². The molecular weight excluding hydrogens is 424 g/mol. The molecule has 0 heterocycles. The van der Waals surface area contributed by atoms with Gasteiger partial charge in [-0.15, -0.1) is 0 Å². The van der Waals surface area contributed by atoms with Gasteiger partial charge in [0.15, 0.2) is 0 Å². The minimum Gasteiger partial charge on any atom is -0.507 e. The van der Waals surface area contributed by atoms with Crippen molar-refractivity contribution in [1.29, 1.82) is 0 Å². The topological polar surface area (TPSA) is 201 Å². The third-order valence-electron chi connectivity index (χ3n) is 3.95. The molecule has 0 saturated heterocycles. The van der Waals surface area contributed by atoms with Gasteiger partial charge in [0.05, 0.1) is 5.70 Å². The Morgan fingerprint density at radius 1 is 0.828 bits per heavy atom. The molecule has 2 rings (SSSR count). The van der Waals surface area contributed by atoms with Crippen molar-refractivity contribution in [3.05, 3.63) is 70.3 Å². The number of benzene rings is 2. The maximum absolute atomic E-state index is 12.1. The lowest BCUT2D eigenvalue weighted by Gasteiger charge is -2.28. The first-order valence-corrected chi connectivity index (χ1v) is 10.7. The van der Waals surface area contributed by atoms with Crippen LogP contribution in [0.25, 0.3) is 12.2 Å². The lowest BCUT2D eigenvalue weighted by molar-refractivity contribution is 0.449. The van der Waals surface area contributed by atoms with E-state index in [-0.39, 0.29) is 16.9 Å². The quantitative estimate of drug-likeness (QED) is 0.348. The number of phenols is 2. The molecule has 2 aromatic rings. The molecule has 0 fully saturated rings. The van der Waals surface area contributed by atoms with Crippen LogP contribution in [0, 0.1) is 0 Å². The average molecular weight is 442 g/mol. The highest BCUT2D eigenvalue weighted by atomic mass is 32.2. The smallest absolute Gasteiger partial charge is 0.294 e. The zero-order valence-electron chi connectivity index (χ0n) is 14.7. The van der Waals surface area contributed by atoms with Gasteiger partial charge in [-0.2, -0.15) is 16.8 Å². The standard InChI is InChI=1S/C17H18N2O8S2/c18-15(9-11-5-1-3-7-13(11)20)17(19,29(25,26)27)16(28(22,23)24)10-12-6-2-4-8-14(12)21/h1-10,20-21H,18-19H2,(H,22,23,24)(H,25,26,27). The van der Waals surface area contributed by atoms with E-state index in [1.807, 2.05) is 0 Å². The number of nitrogens with two attached hydrogens (primary N) is 2. The second-order valence-electron chi connectivity index (χ2n) is 5.91. The van der Waals surface area contributed by atoms with Crippen molar-refractivity contribution in [2.45, 2.75) is 4.87 Å². The van der Waals surface area contributed by atoms with Crippen LogP contribution in [0.2, 0.25) is 0 Å². The number of aromatic hydroxyl groups is 2. The predicted octanol–water partition coefficient (Wildman–Crippen LogP) is 0.869. The van der Waals surface area contributed by atoms with Crippen LogP contribution in [0.15, 0.2) is 59.1 Å².